The molecule has 1 heterocycles. The fourth-order valence-corrected chi connectivity index (χ4v) is 8.80. The molecule has 1 aliphatic heterocycles. The van der Waals surface area contributed by atoms with Crippen LogP contribution >= 0.6 is 0 Å². The molecule has 0 aromatic rings. The summed E-state index contributed by atoms with van der Waals surface area (Å²) in [7, 11) is 0. The number of cyclic esters (lactones) is 1. The van der Waals surface area contributed by atoms with Crippen LogP contribution in [0.15, 0.2) is 11.6 Å². The highest BCUT2D eigenvalue weighted by atomic mass is 16.5. The number of carbonyl (C=O) groups excluding carboxylic acids is 1. The van der Waals surface area contributed by atoms with Gasteiger partial charge in [-0.25, -0.2) is 4.79 Å². The third-order valence-electron chi connectivity index (χ3n) is 10.8. The highest BCUT2D eigenvalue weighted by molar-refractivity contribution is 5.85. The van der Waals surface area contributed by atoms with Crippen molar-refractivity contribution in [3.05, 3.63) is 11.6 Å². The summed E-state index contributed by atoms with van der Waals surface area (Å²) >= 11 is 0. The van der Waals surface area contributed by atoms with Crippen molar-refractivity contribution >= 4 is 5.97 Å². The van der Waals surface area contributed by atoms with Crippen molar-refractivity contribution in [1.82, 2.24) is 0 Å². The van der Waals surface area contributed by atoms with Crippen LogP contribution in [0.3, 0.4) is 0 Å². The zero-order valence-electron chi connectivity index (χ0n) is 18.4. The highest BCUT2D eigenvalue weighted by Gasteiger charge is 2.68. The molecule has 0 spiro atoms. The van der Waals surface area contributed by atoms with Gasteiger partial charge in [-0.1, -0.05) is 20.8 Å². The molecule has 4 heteroatoms. The fraction of sp³-hybridized carbons (Fsp3) is 0.880. The van der Waals surface area contributed by atoms with Gasteiger partial charge in [-0.05, 0) is 98.9 Å². The Morgan fingerprint density at radius 3 is 2.52 bits per heavy atom. The summed E-state index contributed by atoms with van der Waals surface area (Å²) in [6.07, 6.45) is 11.7. The van der Waals surface area contributed by atoms with Crippen molar-refractivity contribution in [2.45, 2.75) is 96.2 Å². The molecule has 4 saturated carbocycles. The average Bonchev–Trinajstić information content (AvgIpc) is 3.23. The number of carbonyl (C=O) groups is 1. The van der Waals surface area contributed by atoms with Gasteiger partial charge >= 0.3 is 5.97 Å². The summed E-state index contributed by atoms with van der Waals surface area (Å²) < 4.78 is 5.22. The maximum Gasteiger partial charge on any atom is 0.331 e. The minimum atomic E-state index is -0.639. The third-order valence-corrected chi connectivity index (χ3v) is 10.8. The number of aliphatic hydroxyl groups is 2. The van der Waals surface area contributed by atoms with Gasteiger partial charge < -0.3 is 14.9 Å². The molecule has 162 valence electrons. The van der Waals surface area contributed by atoms with Gasteiger partial charge in [0, 0.05) is 11.5 Å². The van der Waals surface area contributed by atoms with Crippen LogP contribution in [0.2, 0.25) is 0 Å². The van der Waals surface area contributed by atoms with E-state index in [1.165, 1.54) is 6.42 Å². The van der Waals surface area contributed by atoms with E-state index < -0.39 is 11.2 Å². The number of ether oxygens (including phenoxy) is 1. The molecule has 0 amide bonds. The smallest absolute Gasteiger partial charge is 0.331 e. The van der Waals surface area contributed by atoms with Crippen LogP contribution < -0.4 is 0 Å². The fourth-order valence-electron chi connectivity index (χ4n) is 8.80. The first kappa shape index (κ1) is 20.1. The Labute approximate surface area is 175 Å². The average molecular weight is 403 g/mol. The molecule has 2 N–H and O–H groups in total. The Kier molecular flexibility index (Phi) is 4.37. The summed E-state index contributed by atoms with van der Waals surface area (Å²) in [6.45, 7) is 7.29. The summed E-state index contributed by atoms with van der Waals surface area (Å²) in [5, 5.41) is 23.2. The molecule has 5 aliphatic rings. The van der Waals surface area contributed by atoms with Gasteiger partial charge in [0.25, 0.3) is 0 Å². The zero-order valence-corrected chi connectivity index (χ0v) is 18.4. The Balaban J connectivity index is 1.44. The largest absolute Gasteiger partial charge is 0.458 e. The Morgan fingerprint density at radius 1 is 1.03 bits per heavy atom. The monoisotopic (exact) mass is 402 g/mol. The molecule has 0 aromatic carbocycles. The van der Waals surface area contributed by atoms with E-state index in [1.807, 2.05) is 0 Å². The lowest BCUT2D eigenvalue weighted by molar-refractivity contribution is -0.215. The minimum absolute atomic E-state index is 0.157. The van der Waals surface area contributed by atoms with E-state index in [4.69, 9.17) is 4.74 Å². The minimum Gasteiger partial charge on any atom is -0.458 e. The first-order chi connectivity index (χ1) is 13.7. The molecular formula is C25H38O4. The van der Waals surface area contributed by atoms with E-state index in [2.05, 4.69) is 20.8 Å². The van der Waals surface area contributed by atoms with Gasteiger partial charge in [0.05, 0.1) is 11.2 Å². The number of hydrogen-bond acceptors (Lipinski definition) is 4. The molecule has 4 aliphatic carbocycles. The van der Waals surface area contributed by atoms with Crippen LogP contribution in [0.5, 0.6) is 0 Å². The van der Waals surface area contributed by atoms with Crippen molar-refractivity contribution in [3.8, 4) is 0 Å². The molecule has 5 rings (SSSR count). The van der Waals surface area contributed by atoms with E-state index >= 15 is 0 Å². The molecule has 0 radical (unpaired) electrons. The molecule has 29 heavy (non-hydrogen) atoms. The van der Waals surface area contributed by atoms with E-state index in [0.29, 0.717) is 24.4 Å². The first-order valence-corrected chi connectivity index (χ1v) is 12.0. The topological polar surface area (TPSA) is 66.8 Å². The maximum absolute atomic E-state index is 12.2. The lowest BCUT2D eigenvalue weighted by atomic mass is 9.42. The van der Waals surface area contributed by atoms with Crippen molar-refractivity contribution in [3.63, 3.8) is 0 Å². The van der Waals surface area contributed by atoms with Gasteiger partial charge in [0.15, 0.2) is 0 Å². The summed E-state index contributed by atoms with van der Waals surface area (Å²) in [5.41, 5.74) is 0.0787. The van der Waals surface area contributed by atoms with Crippen LogP contribution in [0, 0.1) is 34.5 Å². The summed E-state index contributed by atoms with van der Waals surface area (Å²) in [4.78, 5) is 11.7. The van der Waals surface area contributed by atoms with E-state index in [-0.39, 0.29) is 22.7 Å². The number of rotatable bonds is 2. The molecule has 0 unspecified atom stereocenters. The standard InChI is InChI=1S/C25H38O4/c1-4-24(27)12-11-22(2)17(14-24)5-6-20-19(22)7-9-23(3)18(8-10-25(20,23)28)16-13-21(26)29-15-16/h13,17-20,27-28H,4-12,14-15H2,1-3H3/t17-,18-,19+,20-,22+,23-,24-,25+/m1/s1. The Hall–Kier alpha value is -0.870. The SMILES string of the molecule is CC[C@@]1(O)CC[C@@]2(C)[C@H](CC[C@@H]3[C@@H]2CC[C@]2(C)[C@@H](C4=CC(=O)OC4)CC[C@]32O)C1. The second-order valence-electron chi connectivity index (χ2n) is 11.6. The molecule has 4 fully saturated rings. The van der Waals surface area contributed by atoms with Crippen molar-refractivity contribution in [1.29, 1.82) is 0 Å². The van der Waals surface area contributed by atoms with Gasteiger partial charge in [0.1, 0.15) is 6.61 Å². The summed E-state index contributed by atoms with van der Waals surface area (Å²) in [6, 6.07) is 0. The van der Waals surface area contributed by atoms with Crippen LogP contribution in [0.1, 0.15) is 85.0 Å². The molecule has 4 nitrogen and oxygen atoms in total. The highest BCUT2D eigenvalue weighted by Crippen LogP contribution is 2.70. The predicted molar refractivity (Wildman–Crippen MR) is 111 cm³/mol. The lowest BCUT2D eigenvalue weighted by Crippen LogP contribution is -2.63. The summed E-state index contributed by atoms with van der Waals surface area (Å²) in [5.74, 6) is 1.53. The van der Waals surface area contributed by atoms with E-state index in [9.17, 15) is 15.0 Å². The van der Waals surface area contributed by atoms with Crippen LogP contribution in [-0.4, -0.2) is 34.0 Å². The van der Waals surface area contributed by atoms with Gasteiger partial charge in [-0.3, -0.25) is 0 Å². The van der Waals surface area contributed by atoms with Crippen molar-refractivity contribution in [2.75, 3.05) is 6.61 Å². The molecular weight excluding hydrogens is 364 g/mol. The molecule has 0 aromatic heterocycles. The maximum atomic E-state index is 12.2. The zero-order chi connectivity index (χ0) is 20.7. The first-order valence-electron chi connectivity index (χ1n) is 12.0. The number of fused-ring (bicyclic) bond motifs is 5. The Morgan fingerprint density at radius 2 is 1.83 bits per heavy atom. The van der Waals surface area contributed by atoms with E-state index in [1.54, 1.807) is 6.08 Å². The van der Waals surface area contributed by atoms with Crippen LogP contribution in [0.4, 0.5) is 0 Å². The quantitative estimate of drug-likeness (QED) is 0.673. The van der Waals surface area contributed by atoms with Gasteiger partial charge in [0.2, 0.25) is 0 Å². The van der Waals surface area contributed by atoms with Crippen molar-refractivity contribution in [2.24, 2.45) is 34.5 Å². The van der Waals surface area contributed by atoms with Crippen molar-refractivity contribution < 1.29 is 19.7 Å². The molecule has 0 bridgehead atoms. The van der Waals surface area contributed by atoms with Gasteiger partial charge in [-0.2, -0.15) is 0 Å². The van der Waals surface area contributed by atoms with Gasteiger partial charge in [-0.15, -0.1) is 0 Å². The molecule has 0 saturated heterocycles. The Bertz CT molecular complexity index is 745. The molecule has 8 atom stereocenters. The second-order valence-corrected chi connectivity index (χ2v) is 11.6. The normalized spacial score (nSPS) is 54.2. The lowest BCUT2D eigenvalue weighted by Gasteiger charge is -2.64. The van der Waals surface area contributed by atoms with Crippen LogP contribution in [-0.2, 0) is 9.53 Å². The van der Waals surface area contributed by atoms with Crippen LogP contribution in [0.25, 0.3) is 0 Å². The second kappa shape index (κ2) is 6.32. The van der Waals surface area contributed by atoms with E-state index in [0.717, 1.165) is 63.4 Å². The predicted octanol–water partition coefficient (Wildman–Crippen LogP) is 4.38. The number of hydrogen-bond donors (Lipinski definition) is 2. The third kappa shape index (κ3) is 2.60. The number of esters is 1.